The maximum atomic E-state index is 12.0. The number of amides is 1. The first-order valence-electron chi connectivity index (χ1n) is 6.08. The van der Waals surface area contributed by atoms with Crippen LogP contribution >= 0.6 is 28.1 Å². The quantitative estimate of drug-likeness (QED) is 0.484. The van der Waals surface area contributed by atoms with Gasteiger partial charge in [0, 0.05) is 16.1 Å². The van der Waals surface area contributed by atoms with Crippen molar-refractivity contribution in [3.63, 3.8) is 0 Å². The van der Waals surface area contributed by atoms with Crippen LogP contribution in [0.25, 0.3) is 0 Å². The third-order valence-corrected chi connectivity index (χ3v) is 3.36. The van der Waals surface area contributed by atoms with Gasteiger partial charge in [0.15, 0.2) is 5.11 Å². The van der Waals surface area contributed by atoms with Crippen molar-refractivity contribution < 1.29 is 9.72 Å². The van der Waals surface area contributed by atoms with Gasteiger partial charge in [-0.15, -0.1) is 0 Å². The lowest BCUT2D eigenvalue weighted by atomic mass is 10.2. The third kappa shape index (κ3) is 4.09. The van der Waals surface area contributed by atoms with Gasteiger partial charge in [-0.2, -0.15) is 0 Å². The maximum Gasteiger partial charge on any atom is 0.292 e. The Bertz CT molecular complexity index is 752. The van der Waals surface area contributed by atoms with Crippen molar-refractivity contribution in [2.24, 2.45) is 0 Å². The van der Waals surface area contributed by atoms with Crippen LogP contribution in [0.3, 0.4) is 0 Å². The van der Waals surface area contributed by atoms with E-state index in [-0.39, 0.29) is 16.5 Å². The summed E-state index contributed by atoms with van der Waals surface area (Å²) in [6.45, 7) is 0. The highest BCUT2D eigenvalue weighted by Crippen LogP contribution is 2.23. The van der Waals surface area contributed by atoms with Gasteiger partial charge in [0.1, 0.15) is 5.69 Å². The Kier molecular flexibility index (Phi) is 5.18. The molecule has 112 valence electrons. The summed E-state index contributed by atoms with van der Waals surface area (Å²) in [5.41, 5.74) is 0.509. The highest BCUT2D eigenvalue weighted by Gasteiger charge is 2.14. The molecule has 0 atom stereocenters. The number of rotatable bonds is 3. The third-order valence-electron chi connectivity index (χ3n) is 2.66. The Morgan fingerprint density at radius 1 is 1.18 bits per heavy atom. The predicted octanol–water partition coefficient (Wildman–Crippen LogP) is 3.48. The Labute approximate surface area is 139 Å². The maximum absolute atomic E-state index is 12.0. The number of nitrogens with zero attached hydrogens (tertiary/aromatic N) is 1. The largest absolute Gasteiger partial charge is 0.327 e. The first kappa shape index (κ1) is 16.1. The molecule has 8 heteroatoms. The highest BCUT2D eigenvalue weighted by molar-refractivity contribution is 9.10. The second-order valence-corrected chi connectivity index (χ2v) is 5.52. The standard InChI is InChI=1S/C14H10BrN3O3S/c15-10-5-3-4-9(8-10)13(19)17-14(22)16-11-6-1-2-7-12(11)18(20)21/h1-8H,(H2,16,17,19,22). The zero-order chi connectivity index (χ0) is 16.1. The number of halogens is 1. The van der Waals surface area contributed by atoms with Crippen molar-refractivity contribution in [1.82, 2.24) is 5.32 Å². The SMILES string of the molecule is O=C(NC(=S)Nc1ccccc1[N+](=O)[O-])c1cccc(Br)c1. The van der Waals surface area contributed by atoms with Crippen LogP contribution in [0.15, 0.2) is 53.0 Å². The highest BCUT2D eigenvalue weighted by atomic mass is 79.9. The fraction of sp³-hybridized carbons (Fsp3) is 0. The molecule has 2 aromatic carbocycles. The van der Waals surface area contributed by atoms with Crippen molar-refractivity contribution in [3.8, 4) is 0 Å². The summed E-state index contributed by atoms with van der Waals surface area (Å²) in [6, 6.07) is 12.8. The Balaban J connectivity index is 2.08. The van der Waals surface area contributed by atoms with Crippen LogP contribution in [0.1, 0.15) is 10.4 Å². The van der Waals surface area contributed by atoms with E-state index >= 15 is 0 Å². The molecule has 0 aliphatic rings. The molecule has 2 rings (SSSR count). The molecule has 0 spiro atoms. The number of benzene rings is 2. The smallest absolute Gasteiger partial charge is 0.292 e. The number of thiocarbonyl (C=S) groups is 1. The Morgan fingerprint density at radius 3 is 2.59 bits per heavy atom. The second-order valence-electron chi connectivity index (χ2n) is 4.19. The van der Waals surface area contributed by atoms with Crippen molar-refractivity contribution in [1.29, 1.82) is 0 Å². The predicted molar refractivity (Wildman–Crippen MR) is 90.9 cm³/mol. The molecule has 6 nitrogen and oxygen atoms in total. The van der Waals surface area contributed by atoms with Gasteiger partial charge < -0.3 is 5.32 Å². The zero-order valence-corrected chi connectivity index (χ0v) is 13.5. The molecule has 0 unspecified atom stereocenters. The van der Waals surface area contributed by atoms with Crippen LogP contribution in [0.5, 0.6) is 0 Å². The molecule has 0 radical (unpaired) electrons. The summed E-state index contributed by atoms with van der Waals surface area (Å²) in [5.74, 6) is -0.405. The molecule has 0 aliphatic carbocycles. The van der Waals surface area contributed by atoms with Crippen LogP contribution in [0, 0.1) is 10.1 Å². The fourth-order valence-corrected chi connectivity index (χ4v) is 2.30. The zero-order valence-electron chi connectivity index (χ0n) is 11.1. The number of nitro groups is 1. The normalized spacial score (nSPS) is 9.86. The lowest BCUT2D eigenvalue weighted by Gasteiger charge is -2.10. The van der Waals surface area contributed by atoms with Gasteiger partial charge in [-0.3, -0.25) is 20.2 Å². The van der Waals surface area contributed by atoms with Crippen LogP contribution in [-0.4, -0.2) is 15.9 Å². The molecule has 1 amide bonds. The minimum Gasteiger partial charge on any atom is -0.327 e. The van der Waals surface area contributed by atoms with E-state index in [0.717, 1.165) is 4.47 Å². The van der Waals surface area contributed by atoms with Gasteiger partial charge in [-0.05, 0) is 36.5 Å². The van der Waals surface area contributed by atoms with Crippen LogP contribution in [0.2, 0.25) is 0 Å². The number of anilines is 1. The molecule has 2 N–H and O–H groups in total. The summed E-state index contributed by atoms with van der Waals surface area (Å²) in [5, 5.41) is 16.0. The topological polar surface area (TPSA) is 84.3 Å². The number of para-hydroxylation sites is 2. The average molecular weight is 380 g/mol. The number of nitrogens with one attached hydrogen (secondary N) is 2. The Morgan fingerprint density at radius 2 is 1.91 bits per heavy atom. The molecular weight excluding hydrogens is 370 g/mol. The molecule has 0 bridgehead atoms. The average Bonchev–Trinajstić information content (AvgIpc) is 2.47. The van der Waals surface area contributed by atoms with Crippen molar-refractivity contribution in [2.45, 2.75) is 0 Å². The molecule has 0 saturated carbocycles. The summed E-state index contributed by atoms with van der Waals surface area (Å²) in [4.78, 5) is 22.4. The van der Waals surface area contributed by atoms with Crippen molar-refractivity contribution >= 4 is 50.5 Å². The van der Waals surface area contributed by atoms with Crippen molar-refractivity contribution in [2.75, 3.05) is 5.32 Å². The van der Waals surface area contributed by atoms with Crippen LogP contribution < -0.4 is 10.6 Å². The summed E-state index contributed by atoms with van der Waals surface area (Å²) < 4.78 is 0.762. The first-order chi connectivity index (χ1) is 10.5. The molecule has 0 saturated heterocycles. The number of hydrogen-bond donors (Lipinski definition) is 2. The molecule has 0 aliphatic heterocycles. The van der Waals surface area contributed by atoms with Gasteiger partial charge >= 0.3 is 0 Å². The van der Waals surface area contributed by atoms with Gasteiger partial charge in [0.05, 0.1) is 4.92 Å². The summed E-state index contributed by atoms with van der Waals surface area (Å²) in [6.07, 6.45) is 0. The number of carbonyl (C=O) groups excluding carboxylic acids is 1. The number of nitro benzene ring substituents is 1. The minimum atomic E-state index is -0.527. The minimum absolute atomic E-state index is 0.0146. The molecule has 2 aromatic rings. The fourth-order valence-electron chi connectivity index (χ4n) is 1.70. The second kappa shape index (κ2) is 7.10. The molecule has 22 heavy (non-hydrogen) atoms. The number of carbonyl (C=O) groups is 1. The van der Waals surface area contributed by atoms with Gasteiger partial charge in [0.25, 0.3) is 11.6 Å². The van der Waals surface area contributed by atoms with E-state index in [1.807, 2.05) is 0 Å². The molecule has 0 aromatic heterocycles. The monoisotopic (exact) mass is 379 g/mol. The van der Waals surface area contributed by atoms with Gasteiger partial charge in [-0.25, -0.2) is 0 Å². The summed E-state index contributed by atoms with van der Waals surface area (Å²) in [7, 11) is 0. The van der Waals surface area contributed by atoms with E-state index in [1.165, 1.54) is 12.1 Å². The van der Waals surface area contributed by atoms with Gasteiger partial charge in [0.2, 0.25) is 0 Å². The molecular formula is C14H10BrN3O3S. The lowest BCUT2D eigenvalue weighted by Crippen LogP contribution is -2.34. The summed E-state index contributed by atoms with van der Waals surface area (Å²) >= 11 is 8.29. The number of hydrogen-bond acceptors (Lipinski definition) is 4. The van der Waals surface area contributed by atoms with E-state index in [2.05, 4.69) is 26.6 Å². The van der Waals surface area contributed by atoms with Gasteiger partial charge in [-0.1, -0.05) is 34.1 Å². The first-order valence-corrected chi connectivity index (χ1v) is 7.29. The van der Waals surface area contributed by atoms with E-state index in [9.17, 15) is 14.9 Å². The molecule has 0 heterocycles. The van der Waals surface area contributed by atoms with Crippen LogP contribution in [-0.2, 0) is 0 Å². The van der Waals surface area contributed by atoms with Crippen LogP contribution in [0.4, 0.5) is 11.4 Å². The van der Waals surface area contributed by atoms with E-state index in [0.29, 0.717) is 5.56 Å². The van der Waals surface area contributed by atoms with Crippen molar-refractivity contribution in [3.05, 3.63) is 68.7 Å². The van der Waals surface area contributed by atoms with E-state index in [1.54, 1.807) is 36.4 Å². The van der Waals surface area contributed by atoms with E-state index in [4.69, 9.17) is 12.2 Å². The molecule has 0 fully saturated rings. The Hall–Kier alpha value is -2.32. The van der Waals surface area contributed by atoms with E-state index < -0.39 is 10.8 Å². The lowest BCUT2D eigenvalue weighted by molar-refractivity contribution is -0.383.